The molecule has 0 aliphatic carbocycles. The molecule has 0 aliphatic rings. The lowest BCUT2D eigenvalue weighted by molar-refractivity contribution is 0.0989. The van der Waals surface area contributed by atoms with Crippen LogP contribution in [0.3, 0.4) is 0 Å². The van der Waals surface area contributed by atoms with Gasteiger partial charge in [0.1, 0.15) is 6.26 Å². The number of anilines is 1. The van der Waals surface area contributed by atoms with Gasteiger partial charge in [0.15, 0.2) is 11.5 Å². The Morgan fingerprint density at radius 1 is 1.24 bits per heavy atom. The van der Waals surface area contributed by atoms with E-state index in [4.69, 9.17) is 9.15 Å². The molecule has 1 amide bonds. The number of hydrogen-bond donors (Lipinski definition) is 1. The summed E-state index contributed by atoms with van der Waals surface area (Å²) in [4.78, 5) is 34.8. The summed E-state index contributed by atoms with van der Waals surface area (Å²) in [6.45, 7) is 1.43. The highest BCUT2D eigenvalue weighted by Crippen LogP contribution is 2.13. The zero-order valence-corrected chi connectivity index (χ0v) is 11.5. The van der Waals surface area contributed by atoms with Crippen LogP contribution in [0.4, 0.5) is 5.69 Å². The fourth-order valence-corrected chi connectivity index (χ4v) is 1.68. The van der Waals surface area contributed by atoms with Crippen LogP contribution in [0.5, 0.6) is 5.75 Å². The molecule has 2 aromatic rings. The Labute approximate surface area is 120 Å². The van der Waals surface area contributed by atoms with Gasteiger partial charge in [-0.2, -0.15) is 0 Å². The molecule has 6 heteroatoms. The van der Waals surface area contributed by atoms with Gasteiger partial charge < -0.3 is 14.5 Å². The maximum absolute atomic E-state index is 12.0. The van der Waals surface area contributed by atoms with Crippen molar-refractivity contribution in [1.29, 1.82) is 0 Å². The van der Waals surface area contributed by atoms with Gasteiger partial charge in [-0.15, -0.1) is 0 Å². The molecular formula is C15H13NO5. The maximum atomic E-state index is 12.0. The number of Topliss-reactive ketones (excluding diaryl/α,β-unsaturated/α-hetero) is 1. The zero-order chi connectivity index (χ0) is 15.4. The quantitative estimate of drug-likeness (QED) is 0.870. The summed E-state index contributed by atoms with van der Waals surface area (Å²) in [5, 5.41) is 2.55. The highest BCUT2D eigenvalue weighted by Gasteiger charge is 2.12. The number of ketones is 1. The number of benzene rings is 1. The fourth-order valence-electron chi connectivity index (χ4n) is 1.68. The third-order valence-electron chi connectivity index (χ3n) is 2.77. The highest BCUT2D eigenvalue weighted by molar-refractivity contribution is 6.03. The number of methoxy groups -OCH3 is 1. The van der Waals surface area contributed by atoms with Gasteiger partial charge in [0.25, 0.3) is 5.91 Å². The second-order valence-corrected chi connectivity index (χ2v) is 4.27. The molecule has 1 heterocycles. The minimum atomic E-state index is -0.588. The molecule has 0 atom stereocenters. The van der Waals surface area contributed by atoms with Gasteiger partial charge in [0.05, 0.1) is 7.11 Å². The van der Waals surface area contributed by atoms with E-state index in [0.29, 0.717) is 11.3 Å². The molecule has 0 saturated carbocycles. The van der Waals surface area contributed by atoms with Crippen molar-refractivity contribution in [1.82, 2.24) is 0 Å². The van der Waals surface area contributed by atoms with Crippen LogP contribution < -0.4 is 15.5 Å². The molecule has 6 nitrogen and oxygen atoms in total. The summed E-state index contributed by atoms with van der Waals surface area (Å²) in [5.41, 5.74) is 0.460. The Balaban J connectivity index is 2.22. The Kier molecular flexibility index (Phi) is 4.18. The van der Waals surface area contributed by atoms with Crippen molar-refractivity contribution in [3.05, 3.63) is 58.1 Å². The summed E-state index contributed by atoms with van der Waals surface area (Å²) in [5.74, 6) is -0.823. The monoisotopic (exact) mass is 287 g/mol. The first-order valence-corrected chi connectivity index (χ1v) is 6.10. The molecule has 1 N–H and O–H groups in total. The summed E-state index contributed by atoms with van der Waals surface area (Å²) < 4.78 is 9.80. The molecule has 1 aromatic carbocycles. The molecule has 0 aliphatic heterocycles. The van der Waals surface area contributed by atoms with E-state index in [0.717, 1.165) is 12.3 Å². The Bertz CT molecular complexity index is 748. The molecule has 0 fully saturated rings. The van der Waals surface area contributed by atoms with Gasteiger partial charge in [-0.3, -0.25) is 14.4 Å². The van der Waals surface area contributed by atoms with Crippen molar-refractivity contribution in [2.45, 2.75) is 6.92 Å². The van der Waals surface area contributed by atoms with Crippen LogP contribution in [0, 0.1) is 0 Å². The number of rotatable bonds is 4. The molecule has 0 spiro atoms. The summed E-state index contributed by atoms with van der Waals surface area (Å²) in [7, 11) is 1.33. The highest BCUT2D eigenvalue weighted by atomic mass is 16.5. The predicted molar refractivity (Wildman–Crippen MR) is 75.9 cm³/mol. The number of carbonyl (C=O) groups is 2. The van der Waals surface area contributed by atoms with Gasteiger partial charge >= 0.3 is 0 Å². The maximum Gasteiger partial charge on any atom is 0.291 e. The van der Waals surface area contributed by atoms with E-state index in [-0.39, 0.29) is 17.3 Å². The number of amides is 1. The van der Waals surface area contributed by atoms with Crippen LogP contribution in [0.1, 0.15) is 27.8 Å². The van der Waals surface area contributed by atoms with E-state index in [9.17, 15) is 14.4 Å². The van der Waals surface area contributed by atoms with Gasteiger partial charge in [-0.05, 0) is 19.1 Å². The predicted octanol–water partition coefficient (Wildman–Crippen LogP) is 2.10. The first kappa shape index (κ1) is 14.5. The molecule has 0 bridgehead atoms. The normalized spacial score (nSPS) is 10.0. The Morgan fingerprint density at radius 3 is 2.62 bits per heavy atom. The van der Waals surface area contributed by atoms with Crippen molar-refractivity contribution in [2.75, 3.05) is 12.4 Å². The Morgan fingerprint density at radius 2 is 2.00 bits per heavy atom. The van der Waals surface area contributed by atoms with Crippen LogP contribution in [0.15, 0.2) is 45.8 Å². The molecule has 108 valence electrons. The van der Waals surface area contributed by atoms with Crippen LogP contribution in [0.2, 0.25) is 0 Å². The van der Waals surface area contributed by atoms with E-state index in [1.807, 2.05) is 0 Å². The van der Waals surface area contributed by atoms with Crippen LogP contribution in [0.25, 0.3) is 0 Å². The standard InChI is InChI=1S/C15H13NO5/c1-9(17)10-4-3-5-11(6-10)16-15(19)13-7-12(18)14(20-2)8-21-13/h3-8H,1-2H3,(H,16,19). The SMILES string of the molecule is COc1coc(C(=O)Nc2cccc(C(C)=O)c2)cc1=O. The van der Waals surface area contributed by atoms with Crippen molar-refractivity contribution < 1.29 is 18.7 Å². The lowest BCUT2D eigenvalue weighted by atomic mass is 10.1. The van der Waals surface area contributed by atoms with E-state index in [2.05, 4.69) is 5.32 Å². The zero-order valence-electron chi connectivity index (χ0n) is 11.5. The number of hydrogen-bond acceptors (Lipinski definition) is 5. The lowest BCUT2D eigenvalue weighted by Gasteiger charge is -2.06. The van der Waals surface area contributed by atoms with Crippen molar-refractivity contribution in [2.24, 2.45) is 0 Å². The van der Waals surface area contributed by atoms with Gasteiger partial charge in [0, 0.05) is 17.3 Å². The average Bonchev–Trinajstić information content (AvgIpc) is 2.47. The molecule has 1 aromatic heterocycles. The summed E-state index contributed by atoms with van der Waals surface area (Å²) in [6.07, 6.45) is 1.07. The summed E-state index contributed by atoms with van der Waals surface area (Å²) in [6, 6.07) is 7.51. The minimum absolute atomic E-state index is 0.0186. The van der Waals surface area contributed by atoms with E-state index in [1.165, 1.54) is 14.0 Å². The Hall–Kier alpha value is -2.89. The smallest absolute Gasteiger partial charge is 0.291 e. The molecular weight excluding hydrogens is 274 g/mol. The fraction of sp³-hybridized carbons (Fsp3) is 0.133. The second-order valence-electron chi connectivity index (χ2n) is 4.27. The summed E-state index contributed by atoms with van der Waals surface area (Å²) >= 11 is 0. The average molecular weight is 287 g/mol. The van der Waals surface area contributed by atoms with Gasteiger partial charge in [0.2, 0.25) is 11.2 Å². The second kappa shape index (κ2) is 6.04. The first-order valence-electron chi connectivity index (χ1n) is 6.10. The number of ether oxygens (including phenoxy) is 1. The van der Waals surface area contributed by atoms with Crippen molar-refractivity contribution >= 4 is 17.4 Å². The lowest BCUT2D eigenvalue weighted by Crippen LogP contribution is -2.15. The molecule has 21 heavy (non-hydrogen) atoms. The van der Waals surface area contributed by atoms with Crippen LogP contribution in [-0.2, 0) is 0 Å². The number of nitrogens with one attached hydrogen (secondary N) is 1. The van der Waals surface area contributed by atoms with E-state index >= 15 is 0 Å². The van der Waals surface area contributed by atoms with E-state index in [1.54, 1.807) is 24.3 Å². The minimum Gasteiger partial charge on any atom is -0.490 e. The van der Waals surface area contributed by atoms with E-state index < -0.39 is 11.3 Å². The molecule has 0 radical (unpaired) electrons. The number of carbonyl (C=O) groups excluding carboxylic acids is 2. The van der Waals surface area contributed by atoms with Crippen molar-refractivity contribution in [3.63, 3.8) is 0 Å². The van der Waals surface area contributed by atoms with Crippen molar-refractivity contribution in [3.8, 4) is 5.75 Å². The van der Waals surface area contributed by atoms with Crippen LogP contribution >= 0.6 is 0 Å². The topological polar surface area (TPSA) is 85.6 Å². The van der Waals surface area contributed by atoms with Crippen LogP contribution in [-0.4, -0.2) is 18.8 Å². The van der Waals surface area contributed by atoms with Gasteiger partial charge in [-0.25, -0.2) is 0 Å². The van der Waals surface area contributed by atoms with Gasteiger partial charge in [-0.1, -0.05) is 12.1 Å². The molecule has 0 saturated heterocycles. The third kappa shape index (κ3) is 3.36. The largest absolute Gasteiger partial charge is 0.490 e. The first-order chi connectivity index (χ1) is 10.0. The third-order valence-corrected chi connectivity index (χ3v) is 2.77. The molecule has 2 rings (SSSR count). The molecule has 0 unspecified atom stereocenters.